The van der Waals surface area contributed by atoms with E-state index in [-0.39, 0.29) is 5.57 Å². The minimum absolute atomic E-state index is 0.227. The first-order chi connectivity index (χ1) is 10.2. The standard InChI is InChI=1S/C18H29NO4/c1-11-16(5,6)18(14(21)23-9,15(2,3)4)10-12(13(20)22-8)17(11,7)19/h10H,1,19H2,2-9H3. The van der Waals surface area contributed by atoms with Crippen molar-refractivity contribution in [1.82, 2.24) is 0 Å². The van der Waals surface area contributed by atoms with Crippen LogP contribution >= 0.6 is 0 Å². The van der Waals surface area contributed by atoms with Crippen LogP contribution in [0.4, 0.5) is 0 Å². The third-order valence-electron chi connectivity index (χ3n) is 5.38. The van der Waals surface area contributed by atoms with Gasteiger partial charge in [-0.3, -0.25) is 4.79 Å². The molecule has 1 aliphatic rings. The number of methoxy groups -OCH3 is 2. The van der Waals surface area contributed by atoms with E-state index in [1.54, 1.807) is 13.0 Å². The molecular formula is C18H29NO4. The van der Waals surface area contributed by atoms with Gasteiger partial charge in [0.1, 0.15) is 5.41 Å². The number of ether oxygens (including phenoxy) is 2. The van der Waals surface area contributed by atoms with Crippen LogP contribution in [0, 0.1) is 16.2 Å². The van der Waals surface area contributed by atoms with E-state index in [0.29, 0.717) is 5.57 Å². The van der Waals surface area contributed by atoms with Crippen molar-refractivity contribution >= 4 is 11.9 Å². The van der Waals surface area contributed by atoms with Gasteiger partial charge >= 0.3 is 11.9 Å². The van der Waals surface area contributed by atoms with E-state index in [9.17, 15) is 9.59 Å². The number of carbonyl (C=O) groups excluding carboxylic acids is 2. The average molecular weight is 323 g/mol. The van der Waals surface area contributed by atoms with Gasteiger partial charge in [0.15, 0.2) is 0 Å². The molecule has 1 aliphatic carbocycles. The zero-order chi connectivity index (χ0) is 18.4. The van der Waals surface area contributed by atoms with Crippen molar-refractivity contribution < 1.29 is 19.1 Å². The zero-order valence-electron chi connectivity index (χ0n) is 15.5. The third kappa shape index (κ3) is 2.42. The molecule has 1 rings (SSSR count). The highest BCUT2D eigenvalue weighted by Gasteiger charge is 2.64. The highest BCUT2D eigenvalue weighted by atomic mass is 16.5. The Hall–Kier alpha value is -1.62. The van der Waals surface area contributed by atoms with Crippen molar-refractivity contribution in [2.45, 2.75) is 47.1 Å². The Morgan fingerprint density at radius 2 is 1.61 bits per heavy atom. The fourth-order valence-electron chi connectivity index (χ4n) is 3.91. The molecule has 5 nitrogen and oxygen atoms in total. The topological polar surface area (TPSA) is 78.6 Å². The van der Waals surface area contributed by atoms with Crippen molar-refractivity contribution in [2.24, 2.45) is 22.0 Å². The molecule has 0 bridgehead atoms. The van der Waals surface area contributed by atoms with E-state index in [2.05, 4.69) is 6.58 Å². The Kier molecular flexibility index (Phi) is 4.63. The highest BCUT2D eigenvalue weighted by Crippen LogP contribution is 2.62. The molecular weight excluding hydrogens is 294 g/mol. The van der Waals surface area contributed by atoms with Crippen LogP contribution in [0.5, 0.6) is 0 Å². The molecule has 130 valence electrons. The Bertz CT molecular complexity index is 578. The summed E-state index contributed by atoms with van der Waals surface area (Å²) in [5, 5.41) is 0. The minimum atomic E-state index is -1.10. The lowest BCUT2D eigenvalue weighted by atomic mass is 9.45. The summed E-state index contributed by atoms with van der Waals surface area (Å²) in [7, 11) is 2.63. The van der Waals surface area contributed by atoms with Gasteiger partial charge in [-0.15, -0.1) is 0 Å². The lowest BCUT2D eigenvalue weighted by Crippen LogP contribution is -2.62. The normalized spacial score (nSPS) is 30.5. The van der Waals surface area contributed by atoms with Crippen LogP contribution in [-0.2, 0) is 19.1 Å². The van der Waals surface area contributed by atoms with Gasteiger partial charge < -0.3 is 15.2 Å². The molecule has 0 fully saturated rings. The van der Waals surface area contributed by atoms with Crippen LogP contribution in [0.25, 0.3) is 0 Å². The second-order valence-electron chi connectivity index (χ2n) is 7.91. The zero-order valence-corrected chi connectivity index (χ0v) is 15.5. The molecule has 0 aromatic carbocycles. The minimum Gasteiger partial charge on any atom is -0.468 e. The van der Waals surface area contributed by atoms with Crippen molar-refractivity contribution in [3.63, 3.8) is 0 Å². The Labute approximate surface area is 138 Å². The predicted molar refractivity (Wildman–Crippen MR) is 89.5 cm³/mol. The largest absolute Gasteiger partial charge is 0.468 e. The van der Waals surface area contributed by atoms with Crippen LogP contribution < -0.4 is 5.73 Å². The van der Waals surface area contributed by atoms with Gasteiger partial charge in [-0.05, 0) is 17.9 Å². The summed E-state index contributed by atoms with van der Waals surface area (Å²) < 4.78 is 10.00. The summed E-state index contributed by atoms with van der Waals surface area (Å²) in [4.78, 5) is 25.2. The van der Waals surface area contributed by atoms with Crippen LogP contribution in [0.2, 0.25) is 0 Å². The Morgan fingerprint density at radius 3 is 1.96 bits per heavy atom. The molecule has 0 spiro atoms. The van der Waals surface area contributed by atoms with Crippen molar-refractivity contribution in [3.8, 4) is 0 Å². The fraction of sp³-hybridized carbons (Fsp3) is 0.667. The molecule has 0 aromatic rings. The van der Waals surface area contributed by atoms with Crippen LogP contribution in [0.3, 0.4) is 0 Å². The van der Waals surface area contributed by atoms with Crippen LogP contribution in [0.15, 0.2) is 23.8 Å². The molecule has 0 aromatic heterocycles. The summed E-state index contributed by atoms with van der Waals surface area (Å²) in [6, 6.07) is 0. The number of rotatable bonds is 2. The number of carbonyl (C=O) groups is 2. The molecule has 0 radical (unpaired) electrons. The monoisotopic (exact) mass is 323 g/mol. The van der Waals surface area contributed by atoms with Crippen LogP contribution in [0.1, 0.15) is 41.5 Å². The highest BCUT2D eigenvalue weighted by molar-refractivity contribution is 5.96. The maximum atomic E-state index is 12.9. The van der Waals surface area contributed by atoms with E-state index in [4.69, 9.17) is 15.2 Å². The van der Waals surface area contributed by atoms with E-state index in [1.807, 2.05) is 34.6 Å². The summed E-state index contributed by atoms with van der Waals surface area (Å²) in [6.07, 6.45) is 1.64. The quantitative estimate of drug-likeness (QED) is 0.624. The summed E-state index contributed by atoms with van der Waals surface area (Å²) in [5.41, 5.74) is 3.76. The van der Waals surface area contributed by atoms with Crippen molar-refractivity contribution in [1.29, 1.82) is 0 Å². The summed E-state index contributed by atoms with van der Waals surface area (Å²) >= 11 is 0. The van der Waals surface area contributed by atoms with Crippen LogP contribution in [-0.4, -0.2) is 31.7 Å². The summed E-state index contributed by atoms with van der Waals surface area (Å²) in [6.45, 7) is 15.5. The smallest absolute Gasteiger partial charge is 0.335 e. The molecule has 2 unspecified atom stereocenters. The molecule has 0 saturated carbocycles. The van der Waals surface area contributed by atoms with Crippen molar-refractivity contribution in [2.75, 3.05) is 14.2 Å². The first-order valence-electron chi connectivity index (χ1n) is 7.60. The average Bonchev–Trinajstić information content (AvgIpc) is 2.42. The van der Waals surface area contributed by atoms with E-state index < -0.39 is 33.7 Å². The first kappa shape index (κ1) is 19.4. The van der Waals surface area contributed by atoms with Gasteiger partial charge in [-0.25, -0.2) is 4.79 Å². The number of hydrogen-bond donors (Lipinski definition) is 1. The lowest BCUT2D eigenvalue weighted by molar-refractivity contribution is -0.165. The number of esters is 2. The molecule has 0 saturated heterocycles. The molecule has 23 heavy (non-hydrogen) atoms. The van der Waals surface area contributed by atoms with Gasteiger partial charge in [0.2, 0.25) is 0 Å². The van der Waals surface area contributed by atoms with Crippen molar-refractivity contribution in [3.05, 3.63) is 23.8 Å². The summed E-state index contributed by atoms with van der Waals surface area (Å²) in [5.74, 6) is -0.989. The van der Waals surface area contributed by atoms with Gasteiger partial charge in [0.05, 0.1) is 25.3 Å². The molecule has 5 heteroatoms. The fourth-order valence-corrected chi connectivity index (χ4v) is 3.91. The maximum Gasteiger partial charge on any atom is 0.335 e. The first-order valence-corrected chi connectivity index (χ1v) is 7.60. The molecule has 2 atom stereocenters. The lowest BCUT2D eigenvalue weighted by Gasteiger charge is -2.57. The second-order valence-corrected chi connectivity index (χ2v) is 7.91. The number of hydrogen-bond acceptors (Lipinski definition) is 5. The second kappa shape index (κ2) is 5.48. The molecule has 0 amide bonds. The maximum absolute atomic E-state index is 12.9. The van der Waals surface area contributed by atoms with Gasteiger partial charge in [0.25, 0.3) is 0 Å². The molecule has 0 heterocycles. The van der Waals surface area contributed by atoms with Gasteiger partial charge in [-0.1, -0.05) is 47.3 Å². The van der Waals surface area contributed by atoms with E-state index in [0.717, 1.165) is 0 Å². The van der Waals surface area contributed by atoms with Gasteiger partial charge in [0, 0.05) is 5.41 Å². The Balaban J connectivity index is 3.96. The predicted octanol–water partition coefficient (Wildman–Crippen LogP) is 2.60. The molecule has 0 aliphatic heterocycles. The van der Waals surface area contributed by atoms with Gasteiger partial charge in [-0.2, -0.15) is 0 Å². The van der Waals surface area contributed by atoms with E-state index >= 15 is 0 Å². The third-order valence-corrected chi connectivity index (χ3v) is 5.38. The Morgan fingerprint density at radius 1 is 1.13 bits per heavy atom. The number of nitrogens with two attached hydrogens (primary N) is 1. The van der Waals surface area contributed by atoms with E-state index in [1.165, 1.54) is 14.2 Å². The molecule has 2 N–H and O–H groups in total. The SMILES string of the molecule is C=C1C(C)(N)C(C(=O)OC)=CC(C(=O)OC)(C(C)(C)C)C1(C)C.